The highest BCUT2D eigenvalue weighted by Crippen LogP contribution is 2.44. The number of hydrogen-bond acceptors (Lipinski definition) is 4. The third kappa shape index (κ3) is 5.56. The lowest BCUT2D eigenvalue weighted by atomic mass is 9.88. The van der Waals surface area contributed by atoms with Crippen LogP contribution in [0.15, 0.2) is 65.6 Å². The molecule has 0 aliphatic carbocycles. The maximum absolute atomic E-state index is 15.1. The highest BCUT2D eigenvalue weighted by Gasteiger charge is 2.25. The van der Waals surface area contributed by atoms with Crippen molar-refractivity contribution in [2.45, 2.75) is 30.3 Å². The van der Waals surface area contributed by atoms with Crippen molar-refractivity contribution >= 4 is 34.5 Å². The normalized spacial score (nSPS) is 18.2. The van der Waals surface area contributed by atoms with Crippen LogP contribution in [-0.4, -0.2) is 48.2 Å². The molecule has 7 heteroatoms. The number of phenols is 1. The monoisotopic (exact) mass is 527 g/mol. The largest absolute Gasteiger partial charge is 0.508 e. The van der Waals surface area contributed by atoms with Crippen molar-refractivity contribution < 1.29 is 18.6 Å². The van der Waals surface area contributed by atoms with E-state index in [0.29, 0.717) is 23.4 Å². The number of halogens is 3. The summed E-state index contributed by atoms with van der Waals surface area (Å²) in [6, 6.07) is 18.1. The summed E-state index contributed by atoms with van der Waals surface area (Å²) in [6.45, 7) is 2.21. The summed E-state index contributed by atoms with van der Waals surface area (Å²) >= 11 is 7.70. The summed E-state index contributed by atoms with van der Waals surface area (Å²) in [5, 5.41) is 10.5. The van der Waals surface area contributed by atoms with Crippen LogP contribution in [0.25, 0.3) is 11.1 Å². The standard InChI is InChI=1S/C29H28ClF2NO2S/c30-20-4-8-24(27(32)16-20)25-11-15-36-28-17-21(34)5-9-26(28)29(25)19-2-6-22(7-3-19)35-23-10-14-33(18-23)13-1-12-31/h2-9,16-17,23,34H,1,10-15,18H2/t23-/m0/s1. The zero-order chi connectivity index (χ0) is 25.1. The van der Waals surface area contributed by atoms with Crippen molar-refractivity contribution in [1.82, 2.24) is 4.90 Å². The summed E-state index contributed by atoms with van der Waals surface area (Å²) in [4.78, 5) is 3.21. The molecule has 0 saturated carbocycles. The average molecular weight is 528 g/mol. The van der Waals surface area contributed by atoms with E-state index in [-0.39, 0.29) is 24.3 Å². The molecule has 0 radical (unpaired) electrons. The fourth-order valence-electron chi connectivity index (χ4n) is 4.99. The molecular formula is C29H28ClF2NO2S. The molecule has 2 heterocycles. The highest BCUT2D eigenvalue weighted by atomic mass is 35.5. The Kier molecular flexibility index (Phi) is 7.85. The van der Waals surface area contributed by atoms with Crippen LogP contribution in [0.3, 0.4) is 0 Å². The molecule has 0 spiro atoms. The third-order valence-corrected chi connectivity index (χ3v) is 7.98. The number of allylic oxidation sites excluding steroid dienone is 1. The van der Waals surface area contributed by atoms with E-state index in [2.05, 4.69) is 4.90 Å². The van der Waals surface area contributed by atoms with Crippen LogP contribution >= 0.6 is 23.4 Å². The van der Waals surface area contributed by atoms with Crippen LogP contribution in [0.1, 0.15) is 36.0 Å². The van der Waals surface area contributed by atoms with E-state index in [1.54, 1.807) is 36.0 Å². The lowest BCUT2D eigenvalue weighted by Crippen LogP contribution is -2.26. The molecule has 188 valence electrons. The number of likely N-dealkylation sites (tertiary alicyclic amines) is 1. The van der Waals surface area contributed by atoms with Crippen LogP contribution < -0.4 is 4.74 Å². The Labute approximate surface area is 219 Å². The number of benzene rings is 3. The Bertz CT molecular complexity index is 1260. The minimum absolute atomic E-state index is 0.0892. The molecule has 1 N–H and O–H groups in total. The van der Waals surface area contributed by atoms with Gasteiger partial charge in [-0.2, -0.15) is 0 Å². The molecule has 0 aromatic heterocycles. The number of hydrogen-bond donors (Lipinski definition) is 1. The summed E-state index contributed by atoms with van der Waals surface area (Å²) in [5.74, 6) is 1.41. The van der Waals surface area contributed by atoms with Gasteiger partial charge >= 0.3 is 0 Å². The van der Waals surface area contributed by atoms with E-state index in [4.69, 9.17) is 16.3 Å². The summed E-state index contributed by atoms with van der Waals surface area (Å²) < 4.78 is 33.8. The molecule has 1 atom stereocenters. The zero-order valence-corrected chi connectivity index (χ0v) is 21.4. The van der Waals surface area contributed by atoms with Gasteiger partial charge < -0.3 is 9.84 Å². The van der Waals surface area contributed by atoms with E-state index in [0.717, 1.165) is 64.7 Å². The lowest BCUT2D eigenvalue weighted by molar-refractivity contribution is 0.198. The molecule has 36 heavy (non-hydrogen) atoms. The predicted octanol–water partition coefficient (Wildman–Crippen LogP) is 7.45. The smallest absolute Gasteiger partial charge is 0.132 e. The number of thioether (sulfide) groups is 1. The van der Waals surface area contributed by atoms with Gasteiger partial charge in [-0.25, -0.2) is 4.39 Å². The van der Waals surface area contributed by atoms with Crippen molar-refractivity contribution in [2.24, 2.45) is 0 Å². The van der Waals surface area contributed by atoms with Gasteiger partial charge in [0, 0.05) is 40.9 Å². The fraction of sp³-hybridized carbons (Fsp3) is 0.310. The minimum atomic E-state index is -0.347. The van der Waals surface area contributed by atoms with Crippen LogP contribution in [-0.2, 0) is 0 Å². The Morgan fingerprint density at radius 3 is 2.64 bits per heavy atom. The van der Waals surface area contributed by atoms with Gasteiger partial charge in [0.25, 0.3) is 0 Å². The van der Waals surface area contributed by atoms with E-state index < -0.39 is 0 Å². The first kappa shape index (κ1) is 25.1. The molecule has 1 fully saturated rings. The zero-order valence-electron chi connectivity index (χ0n) is 19.9. The molecule has 0 amide bonds. The summed E-state index contributed by atoms with van der Waals surface area (Å²) in [5.41, 5.74) is 4.32. The molecule has 1 saturated heterocycles. The third-order valence-electron chi connectivity index (χ3n) is 6.69. The van der Waals surface area contributed by atoms with Crippen LogP contribution in [0, 0.1) is 5.82 Å². The van der Waals surface area contributed by atoms with Crippen molar-refractivity contribution in [1.29, 1.82) is 0 Å². The van der Waals surface area contributed by atoms with E-state index in [1.165, 1.54) is 6.07 Å². The van der Waals surface area contributed by atoms with Gasteiger partial charge in [-0.1, -0.05) is 29.8 Å². The SMILES string of the molecule is Oc1ccc2c(c1)SCCC(c1ccc(Cl)cc1F)=C2c1ccc(O[C@H]2CCN(CCCF)C2)cc1. The molecule has 2 aliphatic heterocycles. The van der Waals surface area contributed by atoms with Gasteiger partial charge in [0.1, 0.15) is 23.4 Å². The van der Waals surface area contributed by atoms with Crippen molar-refractivity contribution in [3.05, 3.63) is 88.2 Å². The first-order valence-corrected chi connectivity index (χ1v) is 13.6. The van der Waals surface area contributed by atoms with Crippen LogP contribution in [0.4, 0.5) is 8.78 Å². The van der Waals surface area contributed by atoms with Gasteiger partial charge in [0.05, 0.1) is 6.67 Å². The van der Waals surface area contributed by atoms with Crippen LogP contribution in [0.5, 0.6) is 11.5 Å². The van der Waals surface area contributed by atoms with E-state index in [1.807, 2.05) is 30.3 Å². The molecule has 3 aromatic rings. The Balaban J connectivity index is 1.49. The number of alkyl halides is 1. The van der Waals surface area contributed by atoms with Crippen molar-refractivity contribution in [3.63, 3.8) is 0 Å². The second-order valence-corrected chi connectivity index (χ2v) is 10.7. The number of ether oxygens (including phenoxy) is 1. The second kappa shape index (κ2) is 11.2. The fourth-order valence-corrected chi connectivity index (χ4v) is 6.21. The maximum atomic E-state index is 15.1. The van der Waals surface area contributed by atoms with Crippen molar-refractivity contribution in [3.8, 4) is 11.5 Å². The average Bonchev–Trinajstić information content (AvgIpc) is 3.22. The maximum Gasteiger partial charge on any atom is 0.132 e. The highest BCUT2D eigenvalue weighted by molar-refractivity contribution is 7.99. The molecule has 0 bridgehead atoms. The van der Waals surface area contributed by atoms with E-state index in [9.17, 15) is 9.50 Å². The predicted molar refractivity (Wildman–Crippen MR) is 143 cm³/mol. The first-order valence-electron chi connectivity index (χ1n) is 12.2. The summed E-state index contributed by atoms with van der Waals surface area (Å²) in [6.07, 6.45) is 2.24. The minimum Gasteiger partial charge on any atom is -0.508 e. The number of rotatable bonds is 7. The topological polar surface area (TPSA) is 32.7 Å². The number of phenolic OH excluding ortho intramolecular Hbond substituents is 1. The Hall–Kier alpha value is -2.54. The van der Waals surface area contributed by atoms with Gasteiger partial charge in [-0.05, 0) is 84.0 Å². The van der Waals surface area contributed by atoms with Crippen molar-refractivity contribution in [2.75, 3.05) is 32.1 Å². The van der Waals surface area contributed by atoms with Gasteiger partial charge in [0.15, 0.2) is 0 Å². The number of aromatic hydroxyl groups is 1. The first-order chi connectivity index (χ1) is 17.5. The second-order valence-electron chi connectivity index (χ2n) is 9.15. The Morgan fingerprint density at radius 1 is 1.06 bits per heavy atom. The molecule has 5 rings (SSSR count). The number of nitrogens with zero attached hydrogens (tertiary/aromatic N) is 1. The summed E-state index contributed by atoms with van der Waals surface area (Å²) in [7, 11) is 0. The van der Waals surface area contributed by atoms with Crippen LogP contribution in [0.2, 0.25) is 5.02 Å². The van der Waals surface area contributed by atoms with E-state index >= 15 is 4.39 Å². The molecular weight excluding hydrogens is 500 g/mol. The van der Waals surface area contributed by atoms with Gasteiger partial charge in [-0.15, -0.1) is 11.8 Å². The van der Waals surface area contributed by atoms with Gasteiger partial charge in [-0.3, -0.25) is 9.29 Å². The lowest BCUT2D eigenvalue weighted by Gasteiger charge is -2.18. The number of fused-ring (bicyclic) bond motifs is 1. The molecule has 2 aliphatic rings. The Morgan fingerprint density at radius 2 is 1.86 bits per heavy atom. The van der Waals surface area contributed by atoms with Gasteiger partial charge in [0.2, 0.25) is 0 Å². The molecule has 3 aromatic carbocycles. The quantitative estimate of drug-likeness (QED) is 0.346. The molecule has 3 nitrogen and oxygen atoms in total. The molecule has 0 unspecified atom stereocenters.